The molecular weight excluding hydrogens is 202 g/mol. The van der Waals surface area contributed by atoms with Crippen LogP contribution < -0.4 is 0 Å². The second kappa shape index (κ2) is 4.07. The van der Waals surface area contributed by atoms with Crippen LogP contribution in [0.4, 0.5) is 5.69 Å². The van der Waals surface area contributed by atoms with E-state index in [0.29, 0.717) is 5.69 Å². The third kappa shape index (κ3) is 2.12. The normalized spacial score (nSPS) is 10.1. The molecule has 0 fully saturated rings. The van der Waals surface area contributed by atoms with Gasteiger partial charge in [0.15, 0.2) is 5.69 Å². The summed E-state index contributed by atoms with van der Waals surface area (Å²) in [6, 6.07) is 0. The molecule has 1 heterocycles. The molecule has 0 aromatic carbocycles. The summed E-state index contributed by atoms with van der Waals surface area (Å²) in [6.45, 7) is 1.58. The Morgan fingerprint density at radius 3 is 2.73 bits per heavy atom. The number of esters is 1. The zero-order valence-electron chi connectivity index (χ0n) is 8.68. The number of aryl methyl sites for hydroxylation is 1. The molecule has 15 heavy (non-hydrogen) atoms. The van der Waals surface area contributed by atoms with Crippen LogP contribution in [0.25, 0.3) is 0 Å². The molecule has 0 saturated heterocycles. The van der Waals surface area contributed by atoms with Crippen molar-refractivity contribution in [1.29, 1.82) is 0 Å². The smallest absolute Gasteiger partial charge is 0.313 e. The van der Waals surface area contributed by atoms with Gasteiger partial charge < -0.3 is 4.74 Å². The number of carbonyl (C=O) groups is 1. The largest absolute Gasteiger partial charge is 0.469 e. The highest BCUT2D eigenvalue weighted by Crippen LogP contribution is 2.22. The SMILES string of the molecule is COC(=O)Cc1nn(C)c(C)c1[N+](=O)[O-]. The number of carbonyl (C=O) groups excluding carboxylic acids is 1. The van der Waals surface area contributed by atoms with Crippen molar-refractivity contribution >= 4 is 11.7 Å². The molecule has 7 heteroatoms. The fraction of sp³-hybridized carbons (Fsp3) is 0.500. The van der Waals surface area contributed by atoms with E-state index in [1.165, 1.54) is 11.8 Å². The van der Waals surface area contributed by atoms with Crippen LogP contribution in [-0.4, -0.2) is 27.8 Å². The minimum absolute atomic E-state index is 0.122. The molecule has 0 unspecified atom stereocenters. The molecule has 0 N–H and O–H groups in total. The molecule has 0 atom stereocenters. The number of aromatic nitrogens is 2. The predicted molar refractivity (Wildman–Crippen MR) is 50.3 cm³/mol. The minimum atomic E-state index is -0.545. The van der Waals surface area contributed by atoms with Gasteiger partial charge in [-0.05, 0) is 6.92 Å². The molecule has 0 amide bonds. The Hall–Kier alpha value is -1.92. The molecule has 0 bridgehead atoms. The van der Waals surface area contributed by atoms with E-state index in [4.69, 9.17) is 0 Å². The lowest BCUT2D eigenvalue weighted by Gasteiger charge is -1.95. The van der Waals surface area contributed by atoms with E-state index < -0.39 is 10.9 Å². The van der Waals surface area contributed by atoms with E-state index in [-0.39, 0.29) is 17.8 Å². The number of ether oxygens (including phenoxy) is 1. The molecule has 0 saturated carbocycles. The first-order chi connectivity index (χ1) is 6.97. The molecule has 1 aromatic heterocycles. The quantitative estimate of drug-likeness (QED) is 0.410. The van der Waals surface area contributed by atoms with Crippen LogP contribution in [-0.2, 0) is 23.0 Å². The summed E-state index contributed by atoms with van der Waals surface area (Å²) in [5.74, 6) is -0.545. The predicted octanol–water partition coefficient (Wildman–Crippen LogP) is 0.352. The van der Waals surface area contributed by atoms with Crippen LogP contribution >= 0.6 is 0 Å². The Morgan fingerprint density at radius 2 is 2.27 bits per heavy atom. The molecule has 0 aliphatic rings. The van der Waals surface area contributed by atoms with Crippen LogP contribution in [0, 0.1) is 17.0 Å². The summed E-state index contributed by atoms with van der Waals surface area (Å²) in [7, 11) is 2.81. The number of nitro groups is 1. The van der Waals surface area contributed by atoms with E-state index in [1.54, 1.807) is 14.0 Å². The zero-order chi connectivity index (χ0) is 11.6. The fourth-order valence-corrected chi connectivity index (χ4v) is 1.23. The summed E-state index contributed by atoms with van der Waals surface area (Å²) in [6.07, 6.45) is -0.186. The highest BCUT2D eigenvalue weighted by Gasteiger charge is 2.25. The van der Waals surface area contributed by atoms with Gasteiger partial charge in [-0.1, -0.05) is 0 Å². The van der Waals surface area contributed by atoms with Crippen molar-refractivity contribution in [2.24, 2.45) is 7.05 Å². The lowest BCUT2D eigenvalue weighted by Crippen LogP contribution is -2.07. The van der Waals surface area contributed by atoms with Crippen LogP contribution in [0.1, 0.15) is 11.4 Å². The van der Waals surface area contributed by atoms with Crippen LogP contribution in [0.15, 0.2) is 0 Å². The Labute approximate surface area is 85.8 Å². The Balaban J connectivity index is 3.12. The summed E-state index contributed by atoms with van der Waals surface area (Å²) in [5.41, 5.74) is 0.425. The Morgan fingerprint density at radius 1 is 1.67 bits per heavy atom. The van der Waals surface area contributed by atoms with Crippen LogP contribution in [0.3, 0.4) is 0 Å². The first-order valence-electron chi connectivity index (χ1n) is 4.21. The van der Waals surface area contributed by atoms with Crippen LogP contribution in [0.2, 0.25) is 0 Å². The van der Waals surface area contributed by atoms with Crippen molar-refractivity contribution < 1.29 is 14.5 Å². The second-order valence-electron chi connectivity index (χ2n) is 3.01. The van der Waals surface area contributed by atoms with Gasteiger partial charge in [-0.3, -0.25) is 19.6 Å². The molecular formula is C8H11N3O4. The highest BCUT2D eigenvalue weighted by atomic mass is 16.6. The maximum atomic E-state index is 11.0. The highest BCUT2D eigenvalue weighted by molar-refractivity contribution is 5.73. The Kier molecular flexibility index (Phi) is 3.03. The monoisotopic (exact) mass is 213 g/mol. The fourth-order valence-electron chi connectivity index (χ4n) is 1.23. The van der Waals surface area contributed by atoms with Gasteiger partial charge in [0.25, 0.3) is 0 Å². The van der Waals surface area contributed by atoms with Crippen molar-refractivity contribution in [2.75, 3.05) is 7.11 Å². The van der Waals surface area contributed by atoms with E-state index in [1.807, 2.05) is 0 Å². The van der Waals surface area contributed by atoms with Gasteiger partial charge in [0, 0.05) is 7.05 Å². The number of hydrogen-bond acceptors (Lipinski definition) is 5. The molecule has 0 radical (unpaired) electrons. The van der Waals surface area contributed by atoms with E-state index >= 15 is 0 Å². The van der Waals surface area contributed by atoms with Crippen molar-refractivity contribution in [3.63, 3.8) is 0 Å². The van der Waals surface area contributed by atoms with Gasteiger partial charge in [0.05, 0.1) is 18.5 Å². The summed E-state index contributed by atoms with van der Waals surface area (Å²) >= 11 is 0. The molecule has 7 nitrogen and oxygen atoms in total. The summed E-state index contributed by atoms with van der Waals surface area (Å²) in [4.78, 5) is 21.2. The molecule has 0 spiro atoms. The van der Waals surface area contributed by atoms with E-state index in [2.05, 4.69) is 9.84 Å². The first kappa shape index (κ1) is 11.2. The topological polar surface area (TPSA) is 87.3 Å². The third-order valence-corrected chi connectivity index (χ3v) is 2.09. The van der Waals surface area contributed by atoms with E-state index in [0.717, 1.165) is 0 Å². The number of methoxy groups -OCH3 is 1. The van der Waals surface area contributed by atoms with Gasteiger partial charge in [-0.2, -0.15) is 5.10 Å². The number of nitrogens with zero attached hydrogens (tertiary/aromatic N) is 3. The van der Waals surface area contributed by atoms with Crippen molar-refractivity contribution in [3.05, 3.63) is 21.5 Å². The zero-order valence-corrected chi connectivity index (χ0v) is 8.68. The molecule has 1 aromatic rings. The van der Waals surface area contributed by atoms with Crippen LogP contribution in [0.5, 0.6) is 0 Å². The molecule has 0 aliphatic heterocycles. The summed E-state index contributed by atoms with van der Waals surface area (Å²) < 4.78 is 5.80. The maximum Gasteiger partial charge on any atom is 0.313 e. The van der Waals surface area contributed by atoms with Crippen molar-refractivity contribution in [3.8, 4) is 0 Å². The number of hydrogen-bond donors (Lipinski definition) is 0. The van der Waals surface area contributed by atoms with Gasteiger partial charge in [-0.25, -0.2) is 0 Å². The van der Waals surface area contributed by atoms with Crippen molar-refractivity contribution in [1.82, 2.24) is 9.78 Å². The third-order valence-electron chi connectivity index (χ3n) is 2.09. The van der Waals surface area contributed by atoms with Gasteiger partial charge in [0.1, 0.15) is 5.69 Å². The van der Waals surface area contributed by atoms with Gasteiger partial charge >= 0.3 is 11.7 Å². The average molecular weight is 213 g/mol. The number of rotatable bonds is 3. The second-order valence-corrected chi connectivity index (χ2v) is 3.01. The average Bonchev–Trinajstić information content (AvgIpc) is 2.42. The Bertz CT molecular complexity index is 410. The summed E-state index contributed by atoms with van der Waals surface area (Å²) in [5, 5.41) is 14.6. The first-order valence-corrected chi connectivity index (χ1v) is 4.21. The van der Waals surface area contributed by atoms with Gasteiger partial charge in [-0.15, -0.1) is 0 Å². The molecule has 82 valence electrons. The molecule has 1 rings (SSSR count). The standard InChI is InChI=1S/C8H11N3O4/c1-5-8(11(13)14)6(9-10(5)2)4-7(12)15-3/h4H2,1-3H3. The maximum absolute atomic E-state index is 11.0. The van der Waals surface area contributed by atoms with Gasteiger partial charge in [0.2, 0.25) is 0 Å². The van der Waals surface area contributed by atoms with Crippen molar-refractivity contribution in [2.45, 2.75) is 13.3 Å². The lowest BCUT2D eigenvalue weighted by atomic mass is 10.2. The molecule has 0 aliphatic carbocycles. The van der Waals surface area contributed by atoms with E-state index in [9.17, 15) is 14.9 Å². The minimum Gasteiger partial charge on any atom is -0.469 e. The lowest BCUT2D eigenvalue weighted by molar-refractivity contribution is -0.386.